The molecule has 0 radical (unpaired) electrons. The first-order valence-corrected chi connectivity index (χ1v) is 4.72. The number of hydrogen-bond donors (Lipinski definition) is 2. The zero-order valence-corrected chi connectivity index (χ0v) is 9.26. The van der Waals surface area contributed by atoms with Crippen molar-refractivity contribution in [2.24, 2.45) is 16.6 Å². The largest absolute Gasteiger partial charge is 0.396 e. The summed E-state index contributed by atoms with van der Waals surface area (Å²) in [5, 5.41) is 8.98. The lowest BCUT2D eigenvalue weighted by molar-refractivity contribution is -0.00336. The van der Waals surface area contributed by atoms with Crippen LogP contribution in [-0.2, 0) is 4.74 Å². The van der Waals surface area contributed by atoms with Crippen LogP contribution in [0.25, 0.3) is 0 Å². The van der Waals surface area contributed by atoms with Crippen molar-refractivity contribution in [2.45, 2.75) is 27.7 Å². The molecule has 0 spiro atoms. The number of hydrogen-bond acceptors (Lipinski definition) is 3. The van der Waals surface area contributed by atoms with Crippen LogP contribution in [0.2, 0.25) is 0 Å². The minimum Gasteiger partial charge on any atom is -0.396 e. The molecule has 3 heteroatoms. The second-order valence-electron chi connectivity index (χ2n) is 5.18. The summed E-state index contributed by atoms with van der Waals surface area (Å²) in [6.45, 7) is 10.1. The van der Waals surface area contributed by atoms with E-state index in [1.807, 2.05) is 13.8 Å². The molecule has 80 valence electrons. The molecule has 0 heterocycles. The molecule has 13 heavy (non-hydrogen) atoms. The number of aliphatic hydroxyl groups is 1. The van der Waals surface area contributed by atoms with Gasteiger partial charge >= 0.3 is 0 Å². The predicted molar refractivity (Wildman–Crippen MR) is 54.5 cm³/mol. The van der Waals surface area contributed by atoms with E-state index in [1.165, 1.54) is 0 Å². The van der Waals surface area contributed by atoms with Gasteiger partial charge in [0.15, 0.2) is 0 Å². The topological polar surface area (TPSA) is 55.5 Å². The normalized spacial score (nSPS) is 13.4. The molecule has 0 aromatic rings. The Bertz CT molecular complexity index is 128. The molecule has 0 aliphatic heterocycles. The third-order valence-corrected chi connectivity index (χ3v) is 1.97. The maximum Gasteiger partial charge on any atom is 0.0539 e. The SMILES string of the molecule is CC(C)(CN)COCC(C)(C)CO. The average Bonchev–Trinajstić information content (AvgIpc) is 2.04. The van der Waals surface area contributed by atoms with Gasteiger partial charge in [0.05, 0.1) is 19.8 Å². The van der Waals surface area contributed by atoms with Crippen LogP contribution in [0.4, 0.5) is 0 Å². The van der Waals surface area contributed by atoms with Crippen LogP contribution in [-0.4, -0.2) is 31.5 Å². The van der Waals surface area contributed by atoms with Gasteiger partial charge in [-0.05, 0) is 6.54 Å². The lowest BCUT2D eigenvalue weighted by Crippen LogP contribution is -2.32. The van der Waals surface area contributed by atoms with Gasteiger partial charge in [0, 0.05) is 10.8 Å². The number of ether oxygens (including phenoxy) is 1. The van der Waals surface area contributed by atoms with Crippen LogP contribution in [0, 0.1) is 10.8 Å². The summed E-state index contributed by atoms with van der Waals surface area (Å²) in [7, 11) is 0. The van der Waals surface area contributed by atoms with E-state index in [4.69, 9.17) is 15.6 Å². The van der Waals surface area contributed by atoms with Crippen LogP contribution in [0.3, 0.4) is 0 Å². The zero-order chi connectivity index (χ0) is 10.5. The molecule has 0 saturated heterocycles. The summed E-state index contributed by atoms with van der Waals surface area (Å²) in [5.41, 5.74) is 5.44. The lowest BCUT2D eigenvalue weighted by Gasteiger charge is -2.26. The van der Waals surface area contributed by atoms with E-state index in [9.17, 15) is 0 Å². The first kappa shape index (κ1) is 12.9. The molecule has 3 nitrogen and oxygen atoms in total. The molecular weight excluding hydrogens is 166 g/mol. The third kappa shape index (κ3) is 6.02. The maximum atomic E-state index is 8.98. The Kier molecular flexibility index (Phi) is 4.89. The van der Waals surface area contributed by atoms with Crippen molar-refractivity contribution in [3.05, 3.63) is 0 Å². The highest BCUT2D eigenvalue weighted by atomic mass is 16.5. The molecule has 3 N–H and O–H groups in total. The van der Waals surface area contributed by atoms with E-state index in [1.54, 1.807) is 0 Å². The molecule has 0 atom stereocenters. The van der Waals surface area contributed by atoms with Crippen molar-refractivity contribution in [3.63, 3.8) is 0 Å². The first-order valence-electron chi connectivity index (χ1n) is 4.72. The highest BCUT2D eigenvalue weighted by Crippen LogP contribution is 2.17. The predicted octanol–water partition coefficient (Wildman–Crippen LogP) is 1.01. The van der Waals surface area contributed by atoms with Crippen molar-refractivity contribution in [1.29, 1.82) is 0 Å². The van der Waals surface area contributed by atoms with Crippen molar-refractivity contribution in [2.75, 3.05) is 26.4 Å². The second-order valence-corrected chi connectivity index (χ2v) is 5.18. The summed E-state index contributed by atoms with van der Waals surface area (Å²) >= 11 is 0. The molecular formula is C10H23NO2. The molecule has 0 rings (SSSR count). The summed E-state index contributed by atoms with van der Waals surface area (Å²) < 4.78 is 5.50. The molecule has 0 amide bonds. The van der Waals surface area contributed by atoms with Crippen LogP contribution in [0.1, 0.15) is 27.7 Å². The van der Waals surface area contributed by atoms with Gasteiger partial charge in [0.25, 0.3) is 0 Å². The second kappa shape index (κ2) is 4.94. The Balaban J connectivity index is 3.68. The fraction of sp³-hybridized carbons (Fsp3) is 1.00. The molecule has 0 aromatic heterocycles. The van der Waals surface area contributed by atoms with Crippen molar-refractivity contribution < 1.29 is 9.84 Å². The lowest BCUT2D eigenvalue weighted by atomic mass is 9.94. The highest BCUT2D eigenvalue weighted by Gasteiger charge is 2.20. The standard InChI is InChI=1S/C10H23NO2/c1-9(2,5-11)7-13-8-10(3,4)6-12/h12H,5-8,11H2,1-4H3. The van der Waals surface area contributed by atoms with Crippen LogP contribution >= 0.6 is 0 Å². The van der Waals surface area contributed by atoms with Crippen LogP contribution < -0.4 is 5.73 Å². The van der Waals surface area contributed by atoms with Gasteiger partial charge in [0.2, 0.25) is 0 Å². The minimum atomic E-state index is -0.148. The molecule has 0 fully saturated rings. The van der Waals surface area contributed by atoms with Gasteiger partial charge in [0.1, 0.15) is 0 Å². The summed E-state index contributed by atoms with van der Waals surface area (Å²) in [6, 6.07) is 0. The maximum absolute atomic E-state index is 8.98. The van der Waals surface area contributed by atoms with Gasteiger partial charge in [-0.1, -0.05) is 27.7 Å². The molecule has 0 aliphatic carbocycles. The number of rotatable bonds is 6. The van der Waals surface area contributed by atoms with Crippen molar-refractivity contribution in [3.8, 4) is 0 Å². The number of nitrogens with two attached hydrogens (primary N) is 1. The average molecular weight is 189 g/mol. The zero-order valence-electron chi connectivity index (χ0n) is 9.26. The van der Waals surface area contributed by atoms with E-state index in [-0.39, 0.29) is 17.4 Å². The van der Waals surface area contributed by atoms with Gasteiger partial charge in [-0.2, -0.15) is 0 Å². The van der Waals surface area contributed by atoms with Crippen LogP contribution in [0.15, 0.2) is 0 Å². The Labute approximate surface area is 81.3 Å². The minimum absolute atomic E-state index is 0.0333. The number of aliphatic hydroxyl groups excluding tert-OH is 1. The Morgan fingerprint density at radius 3 is 1.92 bits per heavy atom. The Morgan fingerprint density at radius 1 is 1.08 bits per heavy atom. The molecule has 0 aliphatic rings. The smallest absolute Gasteiger partial charge is 0.0539 e. The first-order chi connectivity index (χ1) is 5.83. The van der Waals surface area contributed by atoms with Gasteiger partial charge < -0.3 is 15.6 Å². The summed E-state index contributed by atoms with van der Waals surface area (Å²) in [6.07, 6.45) is 0. The van der Waals surface area contributed by atoms with E-state index in [0.29, 0.717) is 19.8 Å². The Morgan fingerprint density at radius 2 is 1.54 bits per heavy atom. The van der Waals surface area contributed by atoms with Crippen LogP contribution in [0.5, 0.6) is 0 Å². The van der Waals surface area contributed by atoms with Gasteiger partial charge in [-0.3, -0.25) is 0 Å². The van der Waals surface area contributed by atoms with E-state index in [2.05, 4.69) is 13.8 Å². The van der Waals surface area contributed by atoms with Gasteiger partial charge in [-0.25, -0.2) is 0 Å². The Hall–Kier alpha value is -0.120. The quantitative estimate of drug-likeness (QED) is 0.655. The molecule has 0 saturated carbocycles. The van der Waals surface area contributed by atoms with Crippen molar-refractivity contribution in [1.82, 2.24) is 0 Å². The van der Waals surface area contributed by atoms with E-state index < -0.39 is 0 Å². The molecule has 0 unspecified atom stereocenters. The third-order valence-electron chi connectivity index (χ3n) is 1.97. The fourth-order valence-electron chi connectivity index (χ4n) is 0.708. The van der Waals surface area contributed by atoms with Crippen molar-refractivity contribution >= 4 is 0 Å². The monoisotopic (exact) mass is 189 g/mol. The van der Waals surface area contributed by atoms with E-state index in [0.717, 1.165) is 0 Å². The molecule has 0 aromatic carbocycles. The highest BCUT2D eigenvalue weighted by molar-refractivity contribution is 4.70. The summed E-state index contributed by atoms with van der Waals surface area (Å²) in [4.78, 5) is 0. The summed E-state index contributed by atoms with van der Waals surface area (Å²) in [5.74, 6) is 0. The van der Waals surface area contributed by atoms with Gasteiger partial charge in [-0.15, -0.1) is 0 Å². The van der Waals surface area contributed by atoms with E-state index >= 15 is 0 Å². The molecule has 0 bridgehead atoms. The fourth-order valence-corrected chi connectivity index (χ4v) is 0.708.